The van der Waals surface area contributed by atoms with Crippen molar-refractivity contribution in [3.8, 4) is 0 Å². The number of rotatable bonds is 9. The SMILES string of the molecule is CCCCOC(=O)c1ccc(NC2CC(=O)N(c3ccc(CC(=O)O)cc3)C2=O)cc1. The molecule has 2 N–H and O–H groups in total. The molecular formula is C23H24N2O6. The summed E-state index contributed by atoms with van der Waals surface area (Å²) in [7, 11) is 0. The van der Waals surface area contributed by atoms with Gasteiger partial charge < -0.3 is 15.2 Å². The Bertz CT molecular complexity index is 969. The molecule has 1 atom stereocenters. The Balaban J connectivity index is 1.63. The van der Waals surface area contributed by atoms with Crippen LogP contribution >= 0.6 is 0 Å². The number of ether oxygens (including phenoxy) is 1. The number of carbonyl (C=O) groups is 4. The molecule has 0 spiro atoms. The van der Waals surface area contributed by atoms with Gasteiger partial charge in [-0.2, -0.15) is 0 Å². The molecule has 0 aromatic heterocycles. The number of carboxylic acids is 1. The van der Waals surface area contributed by atoms with E-state index in [2.05, 4.69) is 5.32 Å². The molecule has 0 aliphatic carbocycles. The van der Waals surface area contributed by atoms with Gasteiger partial charge in [0, 0.05) is 5.69 Å². The molecule has 8 heteroatoms. The van der Waals surface area contributed by atoms with Crippen LogP contribution in [0.5, 0.6) is 0 Å². The van der Waals surface area contributed by atoms with E-state index in [1.54, 1.807) is 48.5 Å². The van der Waals surface area contributed by atoms with Crippen LogP contribution in [0.1, 0.15) is 42.1 Å². The highest BCUT2D eigenvalue weighted by Gasteiger charge is 2.39. The number of benzene rings is 2. The van der Waals surface area contributed by atoms with Crippen molar-refractivity contribution in [3.05, 3.63) is 59.7 Å². The second kappa shape index (κ2) is 9.88. The molecule has 3 rings (SSSR count). The summed E-state index contributed by atoms with van der Waals surface area (Å²) in [6, 6.07) is 12.1. The second-order valence-electron chi connectivity index (χ2n) is 7.27. The maximum absolute atomic E-state index is 12.8. The molecule has 2 aromatic carbocycles. The fourth-order valence-electron chi connectivity index (χ4n) is 3.25. The smallest absolute Gasteiger partial charge is 0.338 e. The van der Waals surface area contributed by atoms with E-state index in [1.165, 1.54) is 0 Å². The molecule has 1 heterocycles. The van der Waals surface area contributed by atoms with Crippen molar-refractivity contribution in [1.82, 2.24) is 0 Å². The van der Waals surface area contributed by atoms with Crippen LogP contribution in [-0.4, -0.2) is 41.5 Å². The first-order chi connectivity index (χ1) is 14.9. The summed E-state index contributed by atoms with van der Waals surface area (Å²) in [6.07, 6.45) is 1.61. The Morgan fingerprint density at radius 3 is 2.39 bits per heavy atom. The van der Waals surface area contributed by atoms with Crippen LogP contribution in [0.2, 0.25) is 0 Å². The second-order valence-corrected chi connectivity index (χ2v) is 7.27. The Kier molecular flexibility index (Phi) is 7.02. The number of carbonyl (C=O) groups excluding carboxylic acids is 3. The van der Waals surface area contributed by atoms with Crippen molar-refractivity contribution < 1.29 is 29.0 Å². The topological polar surface area (TPSA) is 113 Å². The van der Waals surface area contributed by atoms with Gasteiger partial charge in [0.2, 0.25) is 5.91 Å². The quantitative estimate of drug-likeness (QED) is 0.361. The molecule has 1 unspecified atom stereocenters. The number of unbranched alkanes of at least 4 members (excludes halogenated alkanes) is 1. The number of nitrogens with zero attached hydrogens (tertiary/aromatic N) is 1. The first-order valence-electron chi connectivity index (χ1n) is 10.1. The van der Waals surface area contributed by atoms with Gasteiger partial charge in [-0.05, 0) is 48.4 Å². The van der Waals surface area contributed by atoms with Gasteiger partial charge >= 0.3 is 11.9 Å². The van der Waals surface area contributed by atoms with Gasteiger partial charge in [0.25, 0.3) is 5.91 Å². The Morgan fingerprint density at radius 1 is 1.10 bits per heavy atom. The van der Waals surface area contributed by atoms with E-state index >= 15 is 0 Å². The van der Waals surface area contributed by atoms with Crippen LogP contribution in [-0.2, 0) is 25.5 Å². The molecule has 8 nitrogen and oxygen atoms in total. The zero-order valence-corrected chi connectivity index (χ0v) is 17.2. The minimum Gasteiger partial charge on any atom is -0.481 e. The van der Waals surface area contributed by atoms with Crippen LogP contribution < -0.4 is 10.2 Å². The lowest BCUT2D eigenvalue weighted by molar-refractivity contribution is -0.136. The highest BCUT2D eigenvalue weighted by Crippen LogP contribution is 2.25. The largest absolute Gasteiger partial charge is 0.481 e. The van der Waals surface area contributed by atoms with E-state index in [-0.39, 0.29) is 24.7 Å². The number of hydrogen-bond donors (Lipinski definition) is 2. The molecule has 31 heavy (non-hydrogen) atoms. The average Bonchev–Trinajstić information content (AvgIpc) is 3.02. The molecule has 2 amide bonds. The van der Waals surface area contributed by atoms with E-state index in [0.29, 0.717) is 29.1 Å². The number of amides is 2. The number of aliphatic carboxylic acids is 1. The summed E-state index contributed by atoms with van der Waals surface area (Å²) in [4.78, 5) is 49.1. The molecule has 1 fully saturated rings. The zero-order valence-electron chi connectivity index (χ0n) is 17.2. The maximum Gasteiger partial charge on any atom is 0.338 e. The first-order valence-corrected chi connectivity index (χ1v) is 10.1. The first kappa shape index (κ1) is 22.0. The van der Waals surface area contributed by atoms with Gasteiger partial charge in [0.05, 0.1) is 30.7 Å². The number of hydrogen-bond acceptors (Lipinski definition) is 6. The van der Waals surface area contributed by atoms with Crippen LogP contribution in [0.25, 0.3) is 0 Å². The molecule has 1 aliphatic rings. The van der Waals surface area contributed by atoms with Gasteiger partial charge in [-0.1, -0.05) is 25.5 Å². The third-order valence-electron chi connectivity index (χ3n) is 4.89. The molecule has 2 aromatic rings. The van der Waals surface area contributed by atoms with Crippen LogP contribution in [0.15, 0.2) is 48.5 Å². The lowest BCUT2D eigenvalue weighted by Gasteiger charge is -2.16. The van der Waals surface area contributed by atoms with Crippen molar-refractivity contribution in [3.63, 3.8) is 0 Å². The number of esters is 1. The summed E-state index contributed by atoms with van der Waals surface area (Å²) in [5, 5.41) is 11.9. The van der Waals surface area contributed by atoms with E-state index in [4.69, 9.17) is 9.84 Å². The fourth-order valence-corrected chi connectivity index (χ4v) is 3.25. The summed E-state index contributed by atoms with van der Waals surface area (Å²) in [5.74, 6) is -2.08. The van der Waals surface area contributed by atoms with E-state index in [0.717, 1.165) is 17.7 Å². The number of anilines is 2. The van der Waals surface area contributed by atoms with Crippen LogP contribution in [0.4, 0.5) is 11.4 Å². The molecule has 1 aliphatic heterocycles. The normalized spacial score (nSPS) is 15.8. The van der Waals surface area contributed by atoms with Crippen molar-refractivity contribution >= 4 is 35.1 Å². The minimum absolute atomic E-state index is 0.00345. The summed E-state index contributed by atoms with van der Waals surface area (Å²) in [5.41, 5.74) is 2.01. The third kappa shape index (κ3) is 5.48. The van der Waals surface area contributed by atoms with Gasteiger partial charge in [-0.25, -0.2) is 9.69 Å². The standard InChI is InChI=1S/C23H24N2O6/c1-2-3-12-31-23(30)16-6-8-17(9-7-16)24-19-14-20(26)25(22(19)29)18-10-4-15(5-11-18)13-21(27)28/h4-11,19,24H,2-3,12-14H2,1H3,(H,27,28). The Morgan fingerprint density at radius 2 is 1.77 bits per heavy atom. The van der Waals surface area contributed by atoms with E-state index in [1.807, 2.05) is 6.92 Å². The maximum atomic E-state index is 12.8. The fraction of sp³-hybridized carbons (Fsp3) is 0.304. The predicted octanol–water partition coefficient (Wildman–Crippen LogP) is 3.01. The van der Waals surface area contributed by atoms with Crippen molar-refractivity contribution in [2.45, 2.75) is 38.6 Å². The summed E-state index contributed by atoms with van der Waals surface area (Å²) < 4.78 is 5.17. The highest BCUT2D eigenvalue weighted by atomic mass is 16.5. The molecule has 0 radical (unpaired) electrons. The van der Waals surface area contributed by atoms with Crippen molar-refractivity contribution in [1.29, 1.82) is 0 Å². The average molecular weight is 424 g/mol. The lowest BCUT2D eigenvalue weighted by Crippen LogP contribution is -2.34. The lowest BCUT2D eigenvalue weighted by atomic mass is 10.1. The molecular weight excluding hydrogens is 400 g/mol. The number of nitrogens with one attached hydrogen (secondary N) is 1. The van der Waals surface area contributed by atoms with Gasteiger partial charge in [-0.3, -0.25) is 14.4 Å². The van der Waals surface area contributed by atoms with Gasteiger partial charge in [0.15, 0.2) is 0 Å². The van der Waals surface area contributed by atoms with E-state index in [9.17, 15) is 19.2 Å². The molecule has 0 bridgehead atoms. The van der Waals surface area contributed by atoms with Crippen molar-refractivity contribution in [2.24, 2.45) is 0 Å². The number of carboxylic acid groups (broad SMARTS) is 1. The Hall–Kier alpha value is -3.68. The van der Waals surface area contributed by atoms with Gasteiger partial charge in [-0.15, -0.1) is 0 Å². The monoisotopic (exact) mass is 424 g/mol. The Labute approximate surface area is 179 Å². The predicted molar refractivity (Wildman–Crippen MR) is 114 cm³/mol. The van der Waals surface area contributed by atoms with Crippen LogP contribution in [0, 0.1) is 0 Å². The molecule has 162 valence electrons. The van der Waals surface area contributed by atoms with Crippen LogP contribution in [0.3, 0.4) is 0 Å². The molecule has 0 saturated carbocycles. The number of imide groups is 1. The van der Waals surface area contributed by atoms with E-state index < -0.39 is 18.0 Å². The third-order valence-corrected chi connectivity index (χ3v) is 4.89. The van der Waals surface area contributed by atoms with Gasteiger partial charge in [0.1, 0.15) is 6.04 Å². The molecule has 1 saturated heterocycles. The summed E-state index contributed by atoms with van der Waals surface area (Å²) in [6.45, 7) is 2.39. The van der Waals surface area contributed by atoms with Crippen molar-refractivity contribution in [2.75, 3.05) is 16.8 Å². The zero-order chi connectivity index (χ0) is 22.4. The highest BCUT2D eigenvalue weighted by molar-refractivity contribution is 6.23. The summed E-state index contributed by atoms with van der Waals surface area (Å²) >= 11 is 0. The minimum atomic E-state index is -0.953.